The first kappa shape index (κ1) is 12.7. The minimum atomic E-state index is 0.808. The lowest BCUT2D eigenvalue weighted by Crippen LogP contribution is -2.38. The van der Waals surface area contributed by atoms with Crippen LogP contribution in [-0.4, -0.2) is 14.8 Å². The fourth-order valence-electron chi connectivity index (χ4n) is 2.44. The highest BCUT2D eigenvalue weighted by molar-refractivity contribution is 5.55. The molecule has 2 aromatic rings. The molecule has 0 saturated heterocycles. The molecule has 2 rings (SSSR count). The van der Waals surface area contributed by atoms with E-state index in [1.807, 2.05) is 18.7 Å². The third-order valence-corrected chi connectivity index (χ3v) is 3.94. The van der Waals surface area contributed by atoms with Crippen molar-refractivity contribution >= 4 is 0 Å². The Kier molecular flexibility index (Phi) is 2.97. The van der Waals surface area contributed by atoms with Crippen molar-refractivity contribution in [2.75, 3.05) is 0 Å². The van der Waals surface area contributed by atoms with Crippen LogP contribution in [0.5, 0.6) is 0 Å². The van der Waals surface area contributed by atoms with E-state index in [1.165, 1.54) is 22.4 Å². The molecule has 0 saturated carbocycles. The van der Waals surface area contributed by atoms with Crippen LogP contribution in [0.25, 0.3) is 11.5 Å². The van der Waals surface area contributed by atoms with Gasteiger partial charge in [-0.15, -0.1) is 0 Å². The summed E-state index contributed by atoms with van der Waals surface area (Å²) >= 11 is 0. The molecule has 0 radical (unpaired) electrons. The molecule has 18 heavy (non-hydrogen) atoms. The average molecular weight is 245 g/mol. The van der Waals surface area contributed by atoms with Gasteiger partial charge in [0.1, 0.15) is 12.9 Å². The fourth-order valence-corrected chi connectivity index (χ4v) is 2.44. The minimum Gasteiger partial charge on any atom is -0.244 e. The monoisotopic (exact) mass is 245 g/mol. The van der Waals surface area contributed by atoms with E-state index >= 15 is 0 Å². The van der Waals surface area contributed by atoms with Crippen LogP contribution in [-0.2, 0) is 14.1 Å². The van der Waals surface area contributed by atoms with Gasteiger partial charge < -0.3 is 0 Å². The SMILES string of the molecule is Cc1nc(-c2c(C)c(C)c(C)c(C)[n+]2C)n(C)n1. The highest BCUT2D eigenvalue weighted by Gasteiger charge is 2.25. The van der Waals surface area contributed by atoms with E-state index in [4.69, 9.17) is 0 Å². The second-order valence-electron chi connectivity index (χ2n) is 4.97. The van der Waals surface area contributed by atoms with Crippen LogP contribution in [0.4, 0.5) is 0 Å². The van der Waals surface area contributed by atoms with Crippen LogP contribution in [0.3, 0.4) is 0 Å². The second kappa shape index (κ2) is 4.19. The molecule has 96 valence electrons. The maximum Gasteiger partial charge on any atom is 0.253 e. The van der Waals surface area contributed by atoms with E-state index in [2.05, 4.69) is 49.4 Å². The third kappa shape index (κ3) is 1.72. The molecule has 0 aliphatic rings. The molecular formula is C14H21N4+. The van der Waals surface area contributed by atoms with Gasteiger partial charge in [0.05, 0.1) is 0 Å². The molecule has 0 amide bonds. The van der Waals surface area contributed by atoms with E-state index in [1.54, 1.807) is 0 Å². The van der Waals surface area contributed by atoms with Crippen LogP contribution in [0.1, 0.15) is 28.2 Å². The van der Waals surface area contributed by atoms with Crippen molar-refractivity contribution in [1.29, 1.82) is 0 Å². The lowest BCUT2D eigenvalue weighted by molar-refractivity contribution is -0.667. The van der Waals surface area contributed by atoms with Gasteiger partial charge in [0.25, 0.3) is 5.69 Å². The third-order valence-electron chi connectivity index (χ3n) is 3.94. The molecular weight excluding hydrogens is 224 g/mol. The number of hydrogen-bond acceptors (Lipinski definition) is 2. The Morgan fingerprint density at radius 3 is 2.06 bits per heavy atom. The molecule has 0 fully saturated rings. The van der Waals surface area contributed by atoms with Gasteiger partial charge in [0.15, 0.2) is 5.69 Å². The van der Waals surface area contributed by atoms with Gasteiger partial charge in [-0.25, -0.2) is 9.67 Å². The largest absolute Gasteiger partial charge is 0.253 e. The zero-order valence-corrected chi connectivity index (χ0v) is 12.3. The van der Waals surface area contributed by atoms with Gasteiger partial charge in [-0.1, -0.05) is 0 Å². The summed E-state index contributed by atoms with van der Waals surface area (Å²) in [5, 5.41) is 4.34. The number of aryl methyl sites for hydroxylation is 2. The number of hydrogen-bond donors (Lipinski definition) is 0. The Hall–Kier alpha value is -1.71. The van der Waals surface area contributed by atoms with Gasteiger partial charge in [0.2, 0.25) is 5.82 Å². The summed E-state index contributed by atoms with van der Waals surface area (Å²) in [6.45, 7) is 10.6. The molecule has 2 aromatic heterocycles. The van der Waals surface area contributed by atoms with Crippen molar-refractivity contribution in [3.05, 3.63) is 28.2 Å². The topological polar surface area (TPSA) is 34.6 Å². The first-order valence-electron chi connectivity index (χ1n) is 6.19. The average Bonchev–Trinajstić information content (AvgIpc) is 2.64. The molecule has 0 aromatic carbocycles. The fraction of sp³-hybridized carbons (Fsp3) is 0.500. The number of rotatable bonds is 1. The summed E-state index contributed by atoms with van der Waals surface area (Å²) in [5.41, 5.74) is 6.38. The quantitative estimate of drug-likeness (QED) is 0.719. The summed E-state index contributed by atoms with van der Waals surface area (Å²) in [4.78, 5) is 4.55. The van der Waals surface area contributed by atoms with Gasteiger partial charge in [-0.3, -0.25) is 0 Å². The number of pyridine rings is 1. The van der Waals surface area contributed by atoms with Crippen LogP contribution in [0.2, 0.25) is 0 Å². The van der Waals surface area contributed by atoms with Crippen molar-refractivity contribution < 1.29 is 4.57 Å². The zero-order valence-electron chi connectivity index (χ0n) is 12.3. The molecule has 0 N–H and O–H groups in total. The Balaban J connectivity index is 2.84. The molecule has 0 unspecified atom stereocenters. The van der Waals surface area contributed by atoms with E-state index in [0.717, 1.165) is 17.3 Å². The Bertz CT molecular complexity index is 594. The van der Waals surface area contributed by atoms with Gasteiger partial charge in [0, 0.05) is 25.1 Å². The van der Waals surface area contributed by atoms with Gasteiger partial charge in [-0.2, -0.15) is 9.67 Å². The van der Waals surface area contributed by atoms with E-state index in [9.17, 15) is 0 Å². The molecule has 0 bridgehead atoms. The molecule has 0 aliphatic heterocycles. The van der Waals surface area contributed by atoms with Gasteiger partial charge >= 0.3 is 0 Å². The Morgan fingerprint density at radius 2 is 1.56 bits per heavy atom. The molecule has 4 nitrogen and oxygen atoms in total. The van der Waals surface area contributed by atoms with E-state index in [0.29, 0.717) is 0 Å². The van der Waals surface area contributed by atoms with Crippen LogP contribution >= 0.6 is 0 Å². The molecule has 2 heterocycles. The van der Waals surface area contributed by atoms with Gasteiger partial charge in [-0.05, 0) is 33.3 Å². The Labute approximate surface area is 108 Å². The normalized spacial score (nSPS) is 11.1. The summed E-state index contributed by atoms with van der Waals surface area (Å²) in [7, 11) is 4.04. The standard InChI is InChI=1S/C14H21N4/c1-8-9(2)11(4)17(6)13(10(8)3)14-15-12(5)16-18(14)7/h1-7H3/q+1. The van der Waals surface area contributed by atoms with Crippen LogP contribution in [0, 0.1) is 34.6 Å². The number of aromatic nitrogens is 4. The lowest BCUT2D eigenvalue weighted by atomic mass is 10.0. The summed E-state index contributed by atoms with van der Waals surface area (Å²) < 4.78 is 4.06. The predicted octanol–water partition coefficient (Wildman–Crippen LogP) is 1.85. The molecule has 0 spiro atoms. The molecule has 0 aliphatic carbocycles. The van der Waals surface area contributed by atoms with E-state index < -0.39 is 0 Å². The van der Waals surface area contributed by atoms with Crippen molar-refractivity contribution in [3.63, 3.8) is 0 Å². The number of nitrogens with zero attached hydrogens (tertiary/aromatic N) is 4. The maximum atomic E-state index is 4.55. The zero-order chi connectivity index (χ0) is 13.6. The summed E-state index contributed by atoms with van der Waals surface area (Å²) in [6, 6.07) is 0. The minimum absolute atomic E-state index is 0.808. The van der Waals surface area contributed by atoms with Crippen molar-refractivity contribution in [2.45, 2.75) is 34.6 Å². The van der Waals surface area contributed by atoms with E-state index in [-0.39, 0.29) is 0 Å². The smallest absolute Gasteiger partial charge is 0.244 e. The van der Waals surface area contributed by atoms with Crippen molar-refractivity contribution in [3.8, 4) is 11.5 Å². The Morgan fingerprint density at radius 1 is 0.944 bits per heavy atom. The highest BCUT2D eigenvalue weighted by Crippen LogP contribution is 2.23. The molecule has 0 atom stereocenters. The van der Waals surface area contributed by atoms with Crippen molar-refractivity contribution in [1.82, 2.24) is 14.8 Å². The lowest BCUT2D eigenvalue weighted by Gasteiger charge is -2.11. The second-order valence-corrected chi connectivity index (χ2v) is 4.97. The first-order valence-corrected chi connectivity index (χ1v) is 6.19. The highest BCUT2D eigenvalue weighted by atomic mass is 15.3. The van der Waals surface area contributed by atoms with Crippen LogP contribution < -0.4 is 4.57 Å². The maximum absolute atomic E-state index is 4.55. The first-order chi connectivity index (χ1) is 8.34. The summed E-state index contributed by atoms with van der Waals surface area (Å²) in [5.74, 6) is 1.74. The predicted molar refractivity (Wildman–Crippen MR) is 71.3 cm³/mol. The van der Waals surface area contributed by atoms with Crippen molar-refractivity contribution in [2.24, 2.45) is 14.1 Å². The molecule has 4 heteroatoms. The summed E-state index contributed by atoms with van der Waals surface area (Å²) in [6.07, 6.45) is 0. The van der Waals surface area contributed by atoms with Crippen LogP contribution in [0.15, 0.2) is 0 Å².